The molecule has 3 heteroatoms. The molecule has 0 aromatic rings. The van der Waals surface area contributed by atoms with Crippen molar-refractivity contribution in [2.24, 2.45) is 5.73 Å². The number of hydrogen-bond acceptors (Lipinski definition) is 3. The topological polar surface area (TPSA) is 55.1 Å². The maximum atomic E-state index is 9.98. The van der Waals surface area contributed by atoms with Gasteiger partial charge in [0.25, 0.3) is 0 Å². The Kier molecular flexibility index (Phi) is 4.34. The SMILES string of the molecule is CCC(C)(NCC=C=O)C(C)(C)N. The third kappa shape index (κ3) is 3.31. The van der Waals surface area contributed by atoms with Crippen molar-refractivity contribution < 1.29 is 4.79 Å². The van der Waals surface area contributed by atoms with Gasteiger partial charge in [0.2, 0.25) is 0 Å². The fourth-order valence-electron chi connectivity index (χ4n) is 1.13. The molecular formula is C10H20N2O. The first kappa shape index (κ1) is 12.4. The molecule has 0 saturated heterocycles. The largest absolute Gasteiger partial charge is 0.324 e. The zero-order valence-electron chi connectivity index (χ0n) is 8.98. The van der Waals surface area contributed by atoms with Crippen molar-refractivity contribution in [3.8, 4) is 0 Å². The molecule has 76 valence electrons. The van der Waals surface area contributed by atoms with Gasteiger partial charge in [0, 0.05) is 23.7 Å². The summed E-state index contributed by atoms with van der Waals surface area (Å²) in [6.45, 7) is 8.62. The van der Waals surface area contributed by atoms with E-state index in [1.165, 1.54) is 6.08 Å². The number of carbonyl (C=O) groups excluding carboxylic acids is 1. The van der Waals surface area contributed by atoms with E-state index < -0.39 is 0 Å². The Hall–Kier alpha value is -0.630. The number of hydrogen-bond donors (Lipinski definition) is 2. The maximum Gasteiger partial charge on any atom is 0.121 e. The molecule has 0 radical (unpaired) electrons. The average molecular weight is 184 g/mol. The van der Waals surface area contributed by atoms with Crippen molar-refractivity contribution in [2.75, 3.05) is 6.54 Å². The van der Waals surface area contributed by atoms with Crippen LogP contribution in [0.25, 0.3) is 0 Å². The van der Waals surface area contributed by atoms with E-state index in [9.17, 15) is 4.79 Å². The molecule has 0 aliphatic heterocycles. The summed E-state index contributed by atoms with van der Waals surface area (Å²) in [5, 5.41) is 3.24. The minimum atomic E-state index is -0.307. The predicted molar refractivity (Wildman–Crippen MR) is 55.2 cm³/mol. The van der Waals surface area contributed by atoms with Crippen molar-refractivity contribution in [1.82, 2.24) is 5.32 Å². The van der Waals surface area contributed by atoms with Crippen LogP contribution in [0.15, 0.2) is 6.08 Å². The highest BCUT2D eigenvalue weighted by atomic mass is 16.1. The lowest BCUT2D eigenvalue weighted by molar-refractivity contribution is 0.219. The third-order valence-corrected chi connectivity index (χ3v) is 2.81. The zero-order chi connectivity index (χ0) is 10.5. The van der Waals surface area contributed by atoms with Crippen LogP contribution in [-0.2, 0) is 4.79 Å². The van der Waals surface area contributed by atoms with Gasteiger partial charge in [-0.2, -0.15) is 0 Å². The number of nitrogens with two attached hydrogens (primary N) is 1. The third-order valence-electron chi connectivity index (χ3n) is 2.81. The highest BCUT2D eigenvalue weighted by Crippen LogP contribution is 2.22. The number of nitrogens with one attached hydrogen (secondary N) is 1. The van der Waals surface area contributed by atoms with E-state index in [0.29, 0.717) is 6.54 Å². The Labute approximate surface area is 80.4 Å². The molecule has 0 fully saturated rings. The Bertz CT molecular complexity index is 201. The van der Waals surface area contributed by atoms with Crippen LogP contribution in [0.2, 0.25) is 0 Å². The van der Waals surface area contributed by atoms with Gasteiger partial charge in [0.1, 0.15) is 5.94 Å². The molecule has 0 heterocycles. The molecule has 0 aliphatic rings. The maximum absolute atomic E-state index is 9.98. The highest BCUT2D eigenvalue weighted by Gasteiger charge is 2.35. The summed E-state index contributed by atoms with van der Waals surface area (Å²) in [5.74, 6) is 1.74. The summed E-state index contributed by atoms with van der Waals surface area (Å²) < 4.78 is 0. The molecule has 0 bridgehead atoms. The van der Waals surface area contributed by atoms with Crippen molar-refractivity contribution in [2.45, 2.75) is 45.2 Å². The lowest BCUT2D eigenvalue weighted by Gasteiger charge is -2.41. The zero-order valence-corrected chi connectivity index (χ0v) is 8.98. The Balaban J connectivity index is 4.37. The van der Waals surface area contributed by atoms with Crippen LogP contribution < -0.4 is 11.1 Å². The van der Waals surface area contributed by atoms with Gasteiger partial charge in [-0.3, -0.25) is 0 Å². The number of rotatable bonds is 5. The van der Waals surface area contributed by atoms with Crippen LogP contribution in [-0.4, -0.2) is 23.6 Å². The summed E-state index contributed by atoms with van der Waals surface area (Å²) in [5.41, 5.74) is 5.57. The van der Waals surface area contributed by atoms with Crippen LogP contribution >= 0.6 is 0 Å². The first-order chi connectivity index (χ1) is 5.87. The van der Waals surface area contributed by atoms with Gasteiger partial charge < -0.3 is 11.1 Å². The van der Waals surface area contributed by atoms with E-state index in [1.54, 1.807) is 5.94 Å². The van der Waals surface area contributed by atoms with Gasteiger partial charge >= 0.3 is 0 Å². The molecule has 0 aliphatic carbocycles. The minimum Gasteiger partial charge on any atom is -0.324 e. The summed E-state index contributed by atoms with van der Waals surface area (Å²) >= 11 is 0. The second-order valence-electron chi connectivity index (χ2n) is 4.11. The van der Waals surface area contributed by atoms with Crippen LogP contribution in [0.5, 0.6) is 0 Å². The fourth-order valence-corrected chi connectivity index (χ4v) is 1.13. The molecule has 13 heavy (non-hydrogen) atoms. The molecule has 0 aromatic carbocycles. The van der Waals surface area contributed by atoms with Crippen LogP contribution in [0.1, 0.15) is 34.1 Å². The lowest BCUT2D eigenvalue weighted by atomic mass is 9.79. The Morgan fingerprint density at radius 2 is 2.00 bits per heavy atom. The van der Waals surface area contributed by atoms with Crippen LogP contribution in [0.4, 0.5) is 0 Å². The molecule has 3 nitrogen and oxygen atoms in total. The van der Waals surface area contributed by atoms with E-state index in [2.05, 4.69) is 19.2 Å². The second kappa shape index (κ2) is 4.56. The quantitative estimate of drug-likeness (QED) is 0.623. The van der Waals surface area contributed by atoms with E-state index in [-0.39, 0.29) is 11.1 Å². The smallest absolute Gasteiger partial charge is 0.121 e. The van der Waals surface area contributed by atoms with Gasteiger partial charge in [-0.1, -0.05) is 6.92 Å². The van der Waals surface area contributed by atoms with Gasteiger partial charge in [0.05, 0.1) is 0 Å². The van der Waals surface area contributed by atoms with Crippen molar-refractivity contribution >= 4 is 5.94 Å². The van der Waals surface area contributed by atoms with Gasteiger partial charge in [-0.05, 0) is 27.2 Å². The molecule has 1 atom stereocenters. The molecular weight excluding hydrogens is 164 g/mol. The molecule has 0 rings (SSSR count). The predicted octanol–water partition coefficient (Wildman–Crippen LogP) is 0.870. The van der Waals surface area contributed by atoms with E-state index in [0.717, 1.165) is 6.42 Å². The highest BCUT2D eigenvalue weighted by molar-refractivity contribution is 5.45. The lowest BCUT2D eigenvalue weighted by Crippen LogP contribution is -2.62. The van der Waals surface area contributed by atoms with Crippen molar-refractivity contribution in [1.29, 1.82) is 0 Å². The van der Waals surface area contributed by atoms with Crippen LogP contribution in [0.3, 0.4) is 0 Å². The molecule has 3 N–H and O–H groups in total. The van der Waals surface area contributed by atoms with Gasteiger partial charge in [-0.15, -0.1) is 0 Å². The molecule has 0 aromatic heterocycles. The summed E-state index contributed by atoms with van der Waals surface area (Å²) in [6, 6.07) is 0. The summed E-state index contributed by atoms with van der Waals surface area (Å²) in [7, 11) is 0. The molecule has 0 saturated carbocycles. The monoisotopic (exact) mass is 184 g/mol. The summed E-state index contributed by atoms with van der Waals surface area (Å²) in [6.07, 6.45) is 2.35. The average Bonchev–Trinajstić information content (AvgIpc) is 2.02. The van der Waals surface area contributed by atoms with E-state index >= 15 is 0 Å². The summed E-state index contributed by atoms with van der Waals surface area (Å²) in [4.78, 5) is 9.98. The van der Waals surface area contributed by atoms with Crippen LogP contribution in [0, 0.1) is 0 Å². The van der Waals surface area contributed by atoms with Crippen molar-refractivity contribution in [3.63, 3.8) is 0 Å². The molecule has 0 spiro atoms. The normalized spacial score (nSPS) is 16.1. The molecule has 1 unspecified atom stereocenters. The van der Waals surface area contributed by atoms with Gasteiger partial charge in [-0.25, -0.2) is 4.79 Å². The standard InChI is InChI=1S/C10H20N2O/c1-5-10(4,9(2,3)11)12-7-6-8-13/h6,12H,5,7,11H2,1-4H3. The fraction of sp³-hybridized carbons (Fsp3) is 0.800. The van der Waals surface area contributed by atoms with E-state index in [1.807, 2.05) is 13.8 Å². The minimum absolute atomic E-state index is 0.152. The second-order valence-corrected chi connectivity index (χ2v) is 4.11. The van der Waals surface area contributed by atoms with Gasteiger partial charge in [0.15, 0.2) is 0 Å². The van der Waals surface area contributed by atoms with Crippen molar-refractivity contribution in [3.05, 3.63) is 6.08 Å². The molecule has 0 amide bonds. The Morgan fingerprint density at radius 3 is 2.31 bits per heavy atom. The first-order valence-corrected chi connectivity index (χ1v) is 4.60. The van der Waals surface area contributed by atoms with E-state index in [4.69, 9.17) is 5.73 Å². The first-order valence-electron chi connectivity index (χ1n) is 4.60. The Morgan fingerprint density at radius 1 is 1.46 bits per heavy atom.